The van der Waals surface area contributed by atoms with Crippen LogP contribution >= 0.6 is 0 Å². The predicted octanol–water partition coefficient (Wildman–Crippen LogP) is 1.29. The first-order chi connectivity index (χ1) is 5.35. The second kappa shape index (κ2) is 2.76. The van der Waals surface area contributed by atoms with Crippen molar-refractivity contribution in [3.05, 3.63) is 0 Å². The highest BCUT2D eigenvalue weighted by Gasteiger charge is 2.41. The Hall–Kier alpha value is -0.0800. The molecule has 1 saturated heterocycles. The van der Waals surface area contributed by atoms with Gasteiger partial charge in [0, 0.05) is 6.54 Å². The summed E-state index contributed by atoms with van der Waals surface area (Å²) in [6, 6.07) is 0. The van der Waals surface area contributed by atoms with Crippen LogP contribution in [0.5, 0.6) is 0 Å². The maximum absolute atomic E-state index is 5.61. The Morgan fingerprint density at radius 1 is 1.36 bits per heavy atom. The smallest absolute Gasteiger partial charge is 0.0703 e. The molecule has 0 radical (unpaired) electrons. The molecule has 0 aromatic carbocycles. The fourth-order valence-electron chi connectivity index (χ4n) is 2.52. The molecule has 2 aliphatic rings. The van der Waals surface area contributed by atoms with Crippen LogP contribution in [0.2, 0.25) is 0 Å². The van der Waals surface area contributed by atoms with Crippen molar-refractivity contribution in [3.63, 3.8) is 0 Å². The molecule has 1 aliphatic carbocycles. The van der Waals surface area contributed by atoms with E-state index < -0.39 is 0 Å². The number of nitrogens with two attached hydrogens (primary N) is 1. The number of hydrogen-bond donors (Lipinski definition) is 1. The average molecular weight is 155 g/mol. The molecule has 1 atom stereocenters. The predicted molar refractivity (Wildman–Crippen MR) is 44.3 cm³/mol. The fourth-order valence-corrected chi connectivity index (χ4v) is 2.52. The van der Waals surface area contributed by atoms with Crippen molar-refractivity contribution in [2.75, 3.05) is 13.2 Å². The lowest BCUT2D eigenvalue weighted by Gasteiger charge is -2.19. The van der Waals surface area contributed by atoms with E-state index in [0.29, 0.717) is 18.1 Å². The highest BCUT2D eigenvalue weighted by Crippen LogP contribution is 2.46. The third-order valence-electron chi connectivity index (χ3n) is 3.21. The van der Waals surface area contributed by atoms with Gasteiger partial charge in [0.05, 0.1) is 12.7 Å². The third-order valence-corrected chi connectivity index (χ3v) is 3.21. The Labute approximate surface area is 68.1 Å². The van der Waals surface area contributed by atoms with Crippen LogP contribution in [0.15, 0.2) is 0 Å². The molecule has 2 heteroatoms. The molecule has 0 amide bonds. The van der Waals surface area contributed by atoms with Gasteiger partial charge in [-0.3, -0.25) is 0 Å². The van der Waals surface area contributed by atoms with E-state index in [9.17, 15) is 0 Å². The molecule has 2 N–H and O–H groups in total. The quantitative estimate of drug-likeness (QED) is 0.619. The topological polar surface area (TPSA) is 35.2 Å². The van der Waals surface area contributed by atoms with Crippen molar-refractivity contribution in [1.82, 2.24) is 0 Å². The summed E-state index contributed by atoms with van der Waals surface area (Å²) in [6.45, 7) is 1.69. The van der Waals surface area contributed by atoms with E-state index in [4.69, 9.17) is 10.5 Å². The summed E-state index contributed by atoms with van der Waals surface area (Å²) >= 11 is 0. The minimum atomic E-state index is 0.369. The van der Waals surface area contributed by atoms with Crippen LogP contribution in [-0.4, -0.2) is 19.3 Å². The van der Waals surface area contributed by atoms with E-state index in [2.05, 4.69) is 0 Å². The maximum atomic E-state index is 5.61. The van der Waals surface area contributed by atoms with Gasteiger partial charge in [-0.2, -0.15) is 0 Å². The lowest BCUT2D eigenvalue weighted by molar-refractivity contribution is 0.100. The summed E-state index contributed by atoms with van der Waals surface area (Å²) in [5, 5.41) is 0. The summed E-state index contributed by atoms with van der Waals surface area (Å²) in [5.41, 5.74) is 6.12. The Kier molecular flexibility index (Phi) is 1.90. The van der Waals surface area contributed by atoms with E-state index in [1.54, 1.807) is 0 Å². The van der Waals surface area contributed by atoms with Crippen molar-refractivity contribution in [2.24, 2.45) is 11.1 Å². The van der Waals surface area contributed by atoms with Crippen LogP contribution in [0.4, 0.5) is 0 Å². The standard InChI is InChI=1S/C9H17NO/c10-6-8-5-9(7-11-8)3-1-2-4-9/h8H,1-7,10H2/t8-/m0/s1. The summed E-state index contributed by atoms with van der Waals surface area (Å²) < 4.78 is 5.61. The second-order valence-electron chi connectivity index (χ2n) is 4.08. The molecule has 2 fully saturated rings. The molecule has 1 saturated carbocycles. The summed E-state index contributed by atoms with van der Waals surface area (Å²) in [4.78, 5) is 0. The van der Waals surface area contributed by atoms with Crippen LogP contribution in [-0.2, 0) is 4.74 Å². The van der Waals surface area contributed by atoms with E-state index in [1.165, 1.54) is 32.1 Å². The minimum Gasteiger partial charge on any atom is -0.376 e. The molecule has 1 aliphatic heterocycles. The van der Waals surface area contributed by atoms with Gasteiger partial charge in [0.1, 0.15) is 0 Å². The maximum Gasteiger partial charge on any atom is 0.0703 e. The SMILES string of the molecule is NC[C@@H]1CC2(CCCC2)CO1. The highest BCUT2D eigenvalue weighted by atomic mass is 16.5. The van der Waals surface area contributed by atoms with Crippen LogP contribution in [0.1, 0.15) is 32.1 Å². The monoisotopic (exact) mass is 155 g/mol. The van der Waals surface area contributed by atoms with Gasteiger partial charge in [-0.15, -0.1) is 0 Å². The first-order valence-corrected chi connectivity index (χ1v) is 4.66. The lowest BCUT2D eigenvalue weighted by Crippen LogP contribution is -2.20. The molecular weight excluding hydrogens is 138 g/mol. The molecule has 64 valence electrons. The molecule has 11 heavy (non-hydrogen) atoms. The molecule has 2 rings (SSSR count). The summed E-state index contributed by atoms with van der Waals surface area (Å²) in [6.07, 6.45) is 7.16. The zero-order valence-corrected chi connectivity index (χ0v) is 7.01. The zero-order chi connectivity index (χ0) is 7.73. The lowest BCUT2D eigenvalue weighted by atomic mass is 9.84. The number of ether oxygens (including phenoxy) is 1. The molecule has 1 heterocycles. The van der Waals surface area contributed by atoms with Crippen LogP contribution in [0.3, 0.4) is 0 Å². The average Bonchev–Trinajstić information content (AvgIpc) is 2.62. The largest absolute Gasteiger partial charge is 0.376 e. The van der Waals surface area contributed by atoms with Crippen molar-refractivity contribution in [1.29, 1.82) is 0 Å². The highest BCUT2D eigenvalue weighted by molar-refractivity contribution is 4.91. The Bertz CT molecular complexity index is 140. The molecule has 0 bridgehead atoms. The first-order valence-electron chi connectivity index (χ1n) is 4.66. The first kappa shape index (κ1) is 7.56. The summed E-state index contributed by atoms with van der Waals surface area (Å²) in [5.74, 6) is 0. The Morgan fingerprint density at radius 3 is 2.64 bits per heavy atom. The molecule has 0 aromatic heterocycles. The van der Waals surface area contributed by atoms with Gasteiger partial charge in [-0.1, -0.05) is 12.8 Å². The van der Waals surface area contributed by atoms with Gasteiger partial charge in [-0.05, 0) is 24.7 Å². The van der Waals surface area contributed by atoms with E-state index in [1.807, 2.05) is 0 Å². The van der Waals surface area contributed by atoms with E-state index in [0.717, 1.165) is 6.61 Å². The fraction of sp³-hybridized carbons (Fsp3) is 1.00. The van der Waals surface area contributed by atoms with Crippen LogP contribution < -0.4 is 5.73 Å². The Balaban J connectivity index is 1.96. The normalized spacial score (nSPS) is 35.2. The van der Waals surface area contributed by atoms with Gasteiger partial charge in [-0.25, -0.2) is 0 Å². The number of rotatable bonds is 1. The second-order valence-corrected chi connectivity index (χ2v) is 4.08. The van der Waals surface area contributed by atoms with Crippen molar-refractivity contribution < 1.29 is 4.74 Å². The zero-order valence-electron chi connectivity index (χ0n) is 7.01. The number of hydrogen-bond acceptors (Lipinski definition) is 2. The molecule has 0 aromatic rings. The van der Waals surface area contributed by atoms with Crippen LogP contribution in [0, 0.1) is 5.41 Å². The third kappa shape index (κ3) is 1.30. The van der Waals surface area contributed by atoms with Crippen molar-refractivity contribution >= 4 is 0 Å². The van der Waals surface area contributed by atoms with Crippen molar-refractivity contribution in [2.45, 2.75) is 38.2 Å². The molecule has 1 spiro atoms. The van der Waals surface area contributed by atoms with Gasteiger partial charge in [0.25, 0.3) is 0 Å². The van der Waals surface area contributed by atoms with Crippen molar-refractivity contribution in [3.8, 4) is 0 Å². The Morgan fingerprint density at radius 2 is 2.09 bits per heavy atom. The van der Waals surface area contributed by atoms with E-state index in [-0.39, 0.29) is 0 Å². The minimum absolute atomic E-state index is 0.369. The summed E-state index contributed by atoms with van der Waals surface area (Å²) in [7, 11) is 0. The van der Waals surface area contributed by atoms with Gasteiger partial charge < -0.3 is 10.5 Å². The molecule has 2 nitrogen and oxygen atoms in total. The van der Waals surface area contributed by atoms with Gasteiger partial charge >= 0.3 is 0 Å². The van der Waals surface area contributed by atoms with Gasteiger partial charge in [0.2, 0.25) is 0 Å². The molecule has 0 unspecified atom stereocenters. The van der Waals surface area contributed by atoms with Crippen LogP contribution in [0.25, 0.3) is 0 Å². The molecular formula is C9H17NO. The van der Waals surface area contributed by atoms with E-state index >= 15 is 0 Å². The van der Waals surface area contributed by atoms with Gasteiger partial charge in [0.15, 0.2) is 0 Å².